The van der Waals surface area contributed by atoms with Gasteiger partial charge in [-0.25, -0.2) is 4.98 Å². The van der Waals surface area contributed by atoms with Gasteiger partial charge in [-0.2, -0.15) is 0 Å². The lowest BCUT2D eigenvalue weighted by Crippen LogP contribution is -2.13. The first-order chi connectivity index (χ1) is 11.7. The first kappa shape index (κ1) is 15.3. The number of pyridine rings is 1. The number of rotatable bonds is 3. The first-order valence-electron chi connectivity index (χ1n) is 7.82. The van der Waals surface area contributed by atoms with E-state index in [0.29, 0.717) is 13.4 Å². The van der Waals surface area contributed by atoms with Gasteiger partial charge in [0.25, 0.3) is 0 Å². The number of nitrogens with zero attached hydrogens (tertiary/aromatic N) is 1. The Balaban J connectivity index is 1.62. The molecule has 0 saturated carbocycles. The van der Waals surface area contributed by atoms with Crippen LogP contribution < -0.4 is 10.5 Å². The average Bonchev–Trinajstić information content (AvgIpc) is 2.59. The summed E-state index contributed by atoms with van der Waals surface area (Å²) in [6.07, 6.45) is 0. The molecule has 24 heavy (non-hydrogen) atoms. The van der Waals surface area contributed by atoms with Crippen molar-refractivity contribution in [3.05, 3.63) is 59.2 Å². The lowest BCUT2D eigenvalue weighted by molar-refractivity contribution is -0.0168. The molecule has 0 fully saturated rings. The van der Waals surface area contributed by atoms with E-state index in [1.165, 1.54) is 10.9 Å². The third-order valence-electron chi connectivity index (χ3n) is 4.08. The number of aryl methyl sites for hydroxylation is 1. The molecule has 0 saturated heterocycles. The summed E-state index contributed by atoms with van der Waals surface area (Å²) in [4.78, 5) is 4.75. The minimum absolute atomic E-state index is 0.294. The summed E-state index contributed by atoms with van der Waals surface area (Å²) >= 11 is 1.70. The van der Waals surface area contributed by atoms with Crippen LogP contribution in [-0.2, 0) is 17.1 Å². The Morgan fingerprint density at radius 2 is 2.08 bits per heavy atom. The van der Waals surface area contributed by atoms with Crippen LogP contribution in [0.3, 0.4) is 0 Å². The largest absolute Gasteiger partial charge is 0.467 e. The molecule has 0 unspecified atom stereocenters. The molecule has 1 aromatic heterocycles. The third-order valence-corrected chi connectivity index (χ3v) is 5.04. The van der Waals surface area contributed by atoms with E-state index >= 15 is 0 Å². The van der Waals surface area contributed by atoms with Crippen LogP contribution in [0.25, 0.3) is 10.9 Å². The molecular weight excluding hydrogens is 320 g/mol. The maximum Gasteiger partial charge on any atom is 0.189 e. The molecular formula is C19H18N2O2S. The highest BCUT2D eigenvalue weighted by Crippen LogP contribution is 2.35. The van der Waals surface area contributed by atoms with Crippen LogP contribution >= 0.6 is 11.8 Å². The Bertz CT molecular complexity index is 911. The lowest BCUT2D eigenvalue weighted by atomic mass is 10.1. The van der Waals surface area contributed by atoms with E-state index in [-0.39, 0.29) is 0 Å². The van der Waals surface area contributed by atoms with Crippen molar-refractivity contribution in [1.82, 2.24) is 4.98 Å². The zero-order valence-electron chi connectivity index (χ0n) is 13.4. The summed E-state index contributed by atoms with van der Waals surface area (Å²) in [5, 5.41) is 2.21. The Morgan fingerprint density at radius 3 is 3.00 bits per heavy atom. The van der Waals surface area contributed by atoms with Gasteiger partial charge < -0.3 is 15.2 Å². The fourth-order valence-electron chi connectivity index (χ4n) is 2.98. The van der Waals surface area contributed by atoms with Crippen molar-refractivity contribution in [3.63, 3.8) is 0 Å². The number of nitrogens with two attached hydrogens (primary N) is 1. The molecule has 1 aliphatic rings. The fraction of sp³-hybridized carbons (Fsp3) is 0.211. The number of nitrogen functional groups attached to an aromatic ring is 1. The molecule has 0 bridgehead atoms. The molecule has 2 aromatic carbocycles. The number of para-hydroxylation sites is 1. The number of hydrogen-bond donors (Lipinski definition) is 1. The van der Waals surface area contributed by atoms with Gasteiger partial charge in [0.2, 0.25) is 0 Å². The van der Waals surface area contributed by atoms with Gasteiger partial charge in [0.1, 0.15) is 5.75 Å². The van der Waals surface area contributed by atoms with Crippen molar-refractivity contribution in [2.45, 2.75) is 24.3 Å². The van der Waals surface area contributed by atoms with Gasteiger partial charge >= 0.3 is 0 Å². The minimum Gasteiger partial charge on any atom is -0.467 e. The van der Waals surface area contributed by atoms with Crippen LogP contribution in [0.5, 0.6) is 5.75 Å². The van der Waals surface area contributed by atoms with Crippen LogP contribution in [0.4, 0.5) is 5.69 Å². The summed E-state index contributed by atoms with van der Waals surface area (Å²) in [5.41, 5.74) is 11.1. The van der Waals surface area contributed by atoms with E-state index in [2.05, 4.69) is 25.1 Å². The highest BCUT2D eigenvalue weighted by Gasteiger charge is 2.16. The van der Waals surface area contributed by atoms with E-state index in [1.54, 1.807) is 11.8 Å². The van der Waals surface area contributed by atoms with Gasteiger partial charge in [0.15, 0.2) is 6.79 Å². The lowest BCUT2D eigenvalue weighted by Gasteiger charge is -2.21. The van der Waals surface area contributed by atoms with Crippen LogP contribution in [-0.4, -0.2) is 11.8 Å². The third kappa shape index (κ3) is 2.92. The van der Waals surface area contributed by atoms with E-state index in [4.69, 9.17) is 20.2 Å². The fourth-order valence-corrected chi connectivity index (χ4v) is 3.92. The van der Waals surface area contributed by atoms with Crippen molar-refractivity contribution in [3.8, 4) is 5.75 Å². The van der Waals surface area contributed by atoms with Crippen LogP contribution in [0.2, 0.25) is 0 Å². The molecule has 0 aliphatic carbocycles. The number of fused-ring (bicyclic) bond motifs is 2. The van der Waals surface area contributed by atoms with Gasteiger partial charge in [0, 0.05) is 28.0 Å². The SMILES string of the molecule is Cc1cc(SCc2cc(N)cc3c2OCOC3)nc2ccccc12. The molecule has 0 amide bonds. The molecule has 1 aliphatic heterocycles. The topological polar surface area (TPSA) is 57.4 Å². The summed E-state index contributed by atoms with van der Waals surface area (Å²) in [7, 11) is 0. The summed E-state index contributed by atoms with van der Waals surface area (Å²) in [6, 6.07) is 14.2. The molecule has 4 rings (SSSR count). The standard InChI is InChI=1S/C19H18N2O2S/c1-12-6-18(21-17-5-3-2-4-16(12)17)24-10-14-8-15(20)7-13-9-22-11-23-19(13)14/h2-8H,9-11,20H2,1H3. The highest BCUT2D eigenvalue weighted by atomic mass is 32.2. The zero-order valence-corrected chi connectivity index (χ0v) is 14.2. The smallest absolute Gasteiger partial charge is 0.189 e. The molecule has 0 spiro atoms. The second-order valence-corrected chi connectivity index (χ2v) is 6.86. The summed E-state index contributed by atoms with van der Waals surface area (Å²) in [5.74, 6) is 1.67. The molecule has 122 valence electrons. The van der Waals surface area contributed by atoms with Gasteiger partial charge in [-0.05, 0) is 36.8 Å². The predicted molar refractivity (Wildman–Crippen MR) is 97.2 cm³/mol. The molecule has 3 aromatic rings. The quantitative estimate of drug-likeness (QED) is 0.570. The van der Waals surface area contributed by atoms with Crippen LogP contribution in [0.1, 0.15) is 16.7 Å². The van der Waals surface area contributed by atoms with Gasteiger partial charge in [-0.15, -0.1) is 11.8 Å². The molecule has 0 radical (unpaired) electrons. The zero-order chi connectivity index (χ0) is 16.5. The van der Waals surface area contributed by atoms with E-state index in [9.17, 15) is 0 Å². The molecule has 2 heterocycles. The van der Waals surface area contributed by atoms with Crippen molar-refractivity contribution in [2.24, 2.45) is 0 Å². The Labute approximate surface area is 145 Å². The minimum atomic E-state index is 0.294. The van der Waals surface area contributed by atoms with E-state index in [1.807, 2.05) is 24.3 Å². The summed E-state index contributed by atoms with van der Waals surface area (Å²) in [6.45, 7) is 2.96. The van der Waals surface area contributed by atoms with E-state index in [0.717, 1.165) is 38.9 Å². The van der Waals surface area contributed by atoms with Crippen LogP contribution in [0.15, 0.2) is 47.5 Å². The summed E-state index contributed by atoms with van der Waals surface area (Å²) < 4.78 is 11.0. The number of ether oxygens (including phenoxy) is 2. The monoisotopic (exact) mass is 338 g/mol. The van der Waals surface area contributed by atoms with Gasteiger partial charge in [-0.3, -0.25) is 0 Å². The van der Waals surface area contributed by atoms with Crippen molar-refractivity contribution < 1.29 is 9.47 Å². The van der Waals surface area contributed by atoms with E-state index < -0.39 is 0 Å². The highest BCUT2D eigenvalue weighted by molar-refractivity contribution is 7.98. The van der Waals surface area contributed by atoms with Crippen LogP contribution in [0, 0.1) is 6.92 Å². The maximum absolute atomic E-state index is 6.01. The maximum atomic E-state index is 6.01. The molecule has 0 atom stereocenters. The second-order valence-electron chi connectivity index (χ2n) is 5.86. The Hall–Kier alpha value is -2.24. The molecule has 5 heteroatoms. The number of thioether (sulfide) groups is 1. The second kappa shape index (κ2) is 6.34. The molecule has 4 nitrogen and oxygen atoms in total. The first-order valence-corrected chi connectivity index (χ1v) is 8.80. The number of benzene rings is 2. The average molecular weight is 338 g/mol. The molecule has 2 N–H and O–H groups in total. The Morgan fingerprint density at radius 1 is 1.21 bits per heavy atom. The van der Waals surface area contributed by atoms with Gasteiger partial charge in [0.05, 0.1) is 17.1 Å². The normalized spacial score (nSPS) is 13.5. The van der Waals surface area contributed by atoms with Gasteiger partial charge in [-0.1, -0.05) is 18.2 Å². The number of hydrogen-bond acceptors (Lipinski definition) is 5. The number of anilines is 1. The Kier molecular flexibility index (Phi) is 4.04. The predicted octanol–water partition coefficient (Wildman–Crippen LogP) is 4.28. The van der Waals surface area contributed by atoms with Crippen molar-refractivity contribution in [2.75, 3.05) is 12.5 Å². The number of aromatic nitrogens is 1. The van der Waals surface area contributed by atoms with Crippen molar-refractivity contribution in [1.29, 1.82) is 0 Å². The van der Waals surface area contributed by atoms with Crippen molar-refractivity contribution >= 4 is 28.4 Å².